The quantitative estimate of drug-likeness (QED) is 0.756. The summed E-state index contributed by atoms with van der Waals surface area (Å²) < 4.78 is 0. The van der Waals surface area contributed by atoms with E-state index in [1.165, 1.54) is 57.9 Å². The minimum Gasteiger partial charge on any atom is -0.308 e. The van der Waals surface area contributed by atoms with Crippen molar-refractivity contribution < 1.29 is 0 Å². The van der Waals surface area contributed by atoms with Gasteiger partial charge in [0.1, 0.15) is 0 Å². The zero-order chi connectivity index (χ0) is 13.1. The summed E-state index contributed by atoms with van der Waals surface area (Å²) in [6.07, 6.45) is 11.1. The topological polar surface area (TPSA) is 12.0 Å². The maximum atomic E-state index is 3.74. The molecule has 1 heteroatoms. The molecule has 1 aromatic rings. The summed E-state index contributed by atoms with van der Waals surface area (Å²) in [6, 6.07) is 9.23. The highest BCUT2D eigenvalue weighted by Gasteiger charge is 2.33. The van der Waals surface area contributed by atoms with Crippen LogP contribution in [0.2, 0.25) is 0 Å². The summed E-state index contributed by atoms with van der Waals surface area (Å²) >= 11 is 0. The van der Waals surface area contributed by atoms with Gasteiger partial charge in [0.2, 0.25) is 0 Å². The molecule has 1 aliphatic heterocycles. The van der Waals surface area contributed by atoms with E-state index < -0.39 is 0 Å². The Bertz CT molecular complexity index is 409. The van der Waals surface area contributed by atoms with Crippen LogP contribution in [0.4, 0.5) is 0 Å². The van der Waals surface area contributed by atoms with E-state index in [9.17, 15) is 0 Å². The van der Waals surface area contributed by atoms with E-state index >= 15 is 0 Å². The molecule has 1 nitrogen and oxygen atoms in total. The molecule has 19 heavy (non-hydrogen) atoms. The van der Waals surface area contributed by atoms with Crippen LogP contribution in [0.25, 0.3) is 0 Å². The summed E-state index contributed by atoms with van der Waals surface area (Å²) in [4.78, 5) is 0. The Morgan fingerprint density at radius 1 is 1.00 bits per heavy atom. The van der Waals surface area contributed by atoms with Crippen molar-refractivity contribution in [1.29, 1.82) is 0 Å². The third-order valence-electron chi connectivity index (χ3n) is 5.22. The monoisotopic (exact) mass is 257 g/mol. The van der Waals surface area contributed by atoms with Crippen molar-refractivity contribution in [3.8, 4) is 0 Å². The number of hydrogen-bond acceptors (Lipinski definition) is 1. The van der Waals surface area contributed by atoms with Crippen molar-refractivity contribution in [1.82, 2.24) is 5.32 Å². The average molecular weight is 257 g/mol. The molecular formula is C18H27N. The second-order valence-corrected chi connectivity index (χ2v) is 6.64. The van der Waals surface area contributed by atoms with Crippen molar-refractivity contribution in [2.45, 2.75) is 69.7 Å². The molecule has 0 radical (unpaired) electrons. The Labute approximate surface area is 117 Å². The molecule has 1 unspecified atom stereocenters. The molecule has 3 rings (SSSR count). The van der Waals surface area contributed by atoms with Crippen molar-refractivity contribution >= 4 is 0 Å². The van der Waals surface area contributed by atoms with E-state index in [0.717, 1.165) is 5.92 Å². The van der Waals surface area contributed by atoms with Gasteiger partial charge in [0.15, 0.2) is 0 Å². The van der Waals surface area contributed by atoms with Crippen LogP contribution in [0.1, 0.15) is 75.3 Å². The molecule has 1 atom stereocenters. The fourth-order valence-electron chi connectivity index (χ4n) is 4.07. The van der Waals surface area contributed by atoms with Crippen molar-refractivity contribution in [3.63, 3.8) is 0 Å². The van der Waals surface area contributed by atoms with Gasteiger partial charge in [0, 0.05) is 5.54 Å². The lowest BCUT2D eigenvalue weighted by molar-refractivity contribution is 0.424. The van der Waals surface area contributed by atoms with Crippen molar-refractivity contribution in [3.05, 3.63) is 35.4 Å². The first-order valence-corrected chi connectivity index (χ1v) is 8.14. The van der Waals surface area contributed by atoms with E-state index in [1.807, 2.05) is 0 Å². The van der Waals surface area contributed by atoms with Crippen LogP contribution >= 0.6 is 0 Å². The fraction of sp³-hybridized carbons (Fsp3) is 0.667. The standard InChI is InChI=1S/C18H27N/c1-18(13-8-14-19-18)17-12-7-6-11-16(17)15-9-4-2-3-5-10-15/h6-7,11-12,15,19H,2-5,8-10,13-14H2,1H3. The largest absolute Gasteiger partial charge is 0.308 e. The number of nitrogens with one attached hydrogen (secondary N) is 1. The van der Waals surface area contributed by atoms with E-state index in [0.29, 0.717) is 0 Å². The Morgan fingerprint density at radius 3 is 2.42 bits per heavy atom. The number of benzene rings is 1. The molecule has 0 spiro atoms. The number of hydrogen-bond donors (Lipinski definition) is 1. The van der Waals surface area contributed by atoms with Gasteiger partial charge in [-0.05, 0) is 56.2 Å². The van der Waals surface area contributed by atoms with Gasteiger partial charge in [-0.2, -0.15) is 0 Å². The smallest absolute Gasteiger partial charge is 0.0409 e. The van der Waals surface area contributed by atoms with Gasteiger partial charge in [-0.1, -0.05) is 49.9 Å². The van der Waals surface area contributed by atoms with Gasteiger partial charge in [-0.3, -0.25) is 0 Å². The minimum absolute atomic E-state index is 0.225. The molecule has 0 bridgehead atoms. The van der Waals surface area contributed by atoms with E-state index in [-0.39, 0.29) is 5.54 Å². The zero-order valence-electron chi connectivity index (χ0n) is 12.3. The van der Waals surface area contributed by atoms with Crippen LogP contribution in [-0.2, 0) is 5.54 Å². The molecule has 104 valence electrons. The van der Waals surface area contributed by atoms with Gasteiger partial charge in [0.05, 0.1) is 0 Å². The van der Waals surface area contributed by atoms with E-state index in [4.69, 9.17) is 0 Å². The molecule has 1 heterocycles. The first-order valence-electron chi connectivity index (χ1n) is 8.14. The van der Waals surface area contributed by atoms with E-state index in [1.54, 1.807) is 11.1 Å². The van der Waals surface area contributed by atoms with Crippen molar-refractivity contribution in [2.24, 2.45) is 0 Å². The van der Waals surface area contributed by atoms with Crippen LogP contribution in [0.15, 0.2) is 24.3 Å². The Morgan fingerprint density at radius 2 is 1.74 bits per heavy atom. The van der Waals surface area contributed by atoms with Gasteiger partial charge in [0.25, 0.3) is 0 Å². The first-order chi connectivity index (χ1) is 9.30. The molecule has 1 aromatic carbocycles. The van der Waals surface area contributed by atoms with Crippen LogP contribution in [-0.4, -0.2) is 6.54 Å². The Hall–Kier alpha value is -0.820. The van der Waals surface area contributed by atoms with Gasteiger partial charge in [-0.15, -0.1) is 0 Å². The lowest BCUT2D eigenvalue weighted by Gasteiger charge is -2.30. The van der Waals surface area contributed by atoms with Crippen LogP contribution < -0.4 is 5.32 Å². The highest BCUT2D eigenvalue weighted by Crippen LogP contribution is 2.39. The highest BCUT2D eigenvalue weighted by molar-refractivity contribution is 5.36. The SMILES string of the molecule is CC1(c2ccccc2C2CCCCCC2)CCCN1. The second-order valence-electron chi connectivity index (χ2n) is 6.64. The van der Waals surface area contributed by atoms with Gasteiger partial charge >= 0.3 is 0 Å². The van der Waals surface area contributed by atoms with E-state index in [2.05, 4.69) is 36.5 Å². The second kappa shape index (κ2) is 5.66. The maximum absolute atomic E-state index is 3.74. The predicted octanol–water partition coefficient (Wildman–Crippen LogP) is 4.72. The molecule has 1 saturated carbocycles. The van der Waals surface area contributed by atoms with Gasteiger partial charge < -0.3 is 5.32 Å². The molecule has 2 aliphatic rings. The highest BCUT2D eigenvalue weighted by atomic mass is 15.0. The molecule has 1 saturated heterocycles. The summed E-state index contributed by atoms with van der Waals surface area (Å²) in [5.74, 6) is 0.804. The number of rotatable bonds is 2. The predicted molar refractivity (Wildman–Crippen MR) is 81.5 cm³/mol. The molecule has 1 N–H and O–H groups in total. The fourth-order valence-corrected chi connectivity index (χ4v) is 4.07. The molecule has 0 amide bonds. The summed E-state index contributed by atoms with van der Waals surface area (Å²) in [7, 11) is 0. The zero-order valence-corrected chi connectivity index (χ0v) is 12.3. The van der Waals surface area contributed by atoms with Crippen LogP contribution in [0.3, 0.4) is 0 Å². The first kappa shape index (κ1) is 13.2. The minimum atomic E-state index is 0.225. The summed E-state index contributed by atoms with van der Waals surface area (Å²) in [5.41, 5.74) is 3.45. The van der Waals surface area contributed by atoms with Crippen molar-refractivity contribution in [2.75, 3.05) is 6.54 Å². The van der Waals surface area contributed by atoms with Crippen LogP contribution in [0, 0.1) is 0 Å². The van der Waals surface area contributed by atoms with Crippen LogP contribution in [0.5, 0.6) is 0 Å². The summed E-state index contributed by atoms with van der Waals surface area (Å²) in [5, 5.41) is 3.74. The Kier molecular flexibility index (Phi) is 3.93. The molecule has 2 fully saturated rings. The lowest BCUT2D eigenvalue weighted by Crippen LogP contribution is -2.34. The van der Waals surface area contributed by atoms with Gasteiger partial charge in [-0.25, -0.2) is 0 Å². The Balaban J connectivity index is 1.92. The molecule has 0 aromatic heterocycles. The lowest BCUT2D eigenvalue weighted by atomic mass is 9.80. The summed E-state index contributed by atoms with van der Waals surface area (Å²) in [6.45, 7) is 3.57. The third-order valence-corrected chi connectivity index (χ3v) is 5.22. The third kappa shape index (κ3) is 2.72. The average Bonchev–Trinajstić information content (AvgIpc) is 2.73. The molecule has 1 aliphatic carbocycles. The normalized spacial score (nSPS) is 29.3. The maximum Gasteiger partial charge on any atom is 0.0409 e. The molecular weight excluding hydrogens is 230 g/mol.